The number of ketones is 1. The maximum absolute atomic E-state index is 12.9. The van der Waals surface area contributed by atoms with Crippen molar-refractivity contribution in [3.63, 3.8) is 0 Å². The number of hydrogen-bond donors (Lipinski definition) is 1. The van der Waals surface area contributed by atoms with Crippen LogP contribution in [0.1, 0.15) is 17.2 Å². The third kappa shape index (κ3) is 2.91. The SMILES string of the molecule is O=C1C(=O)N(c2ccccc2)[C@H](c2ccccc2)C1=C(O)c1ccccc1. The zero-order chi connectivity index (χ0) is 18.8. The molecule has 0 aromatic heterocycles. The van der Waals surface area contributed by atoms with E-state index < -0.39 is 17.7 Å². The fourth-order valence-corrected chi connectivity index (χ4v) is 3.39. The minimum atomic E-state index is -0.686. The normalized spacial score (nSPS) is 18.7. The Morgan fingerprint density at radius 3 is 1.85 bits per heavy atom. The van der Waals surface area contributed by atoms with Crippen molar-refractivity contribution < 1.29 is 14.7 Å². The van der Waals surface area contributed by atoms with Gasteiger partial charge in [-0.3, -0.25) is 14.5 Å². The fourth-order valence-electron chi connectivity index (χ4n) is 3.39. The Hall–Kier alpha value is -3.66. The van der Waals surface area contributed by atoms with Crippen LogP contribution >= 0.6 is 0 Å². The number of carbonyl (C=O) groups excluding carboxylic acids is 2. The topological polar surface area (TPSA) is 57.6 Å². The van der Waals surface area contributed by atoms with Gasteiger partial charge >= 0.3 is 0 Å². The van der Waals surface area contributed by atoms with Gasteiger partial charge < -0.3 is 5.11 Å². The van der Waals surface area contributed by atoms with E-state index in [1.165, 1.54) is 4.90 Å². The Bertz CT molecular complexity index is 1010. The molecule has 1 saturated heterocycles. The highest BCUT2D eigenvalue weighted by atomic mass is 16.3. The van der Waals surface area contributed by atoms with Crippen molar-refractivity contribution in [1.29, 1.82) is 0 Å². The third-order valence-corrected chi connectivity index (χ3v) is 4.64. The first-order valence-corrected chi connectivity index (χ1v) is 8.65. The largest absolute Gasteiger partial charge is 0.507 e. The van der Waals surface area contributed by atoms with Gasteiger partial charge in [-0.25, -0.2) is 0 Å². The van der Waals surface area contributed by atoms with E-state index in [1.807, 2.05) is 54.6 Å². The monoisotopic (exact) mass is 355 g/mol. The molecule has 4 rings (SSSR count). The highest BCUT2D eigenvalue weighted by Crippen LogP contribution is 2.41. The fraction of sp³-hybridized carbons (Fsp3) is 0.0435. The average molecular weight is 355 g/mol. The molecular weight excluding hydrogens is 338 g/mol. The molecular formula is C23H17NO3. The molecule has 0 aliphatic carbocycles. The zero-order valence-corrected chi connectivity index (χ0v) is 14.4. The molecule has 1 aliphatic rings. The second-order valence-electron chi connectivity index (χ2n) is 6.28. The van der Waals surface area contributed by atoms with E-state index in [1.54, 1.807) is 36.4 Å². The number of para-hydroxylation sites is 1. The Morgan fingerprint density at radius 2 is 1.26 bits per heavy atom. The smallest absolute Gasteiger partial charge is 0.300 e. The lowest BCUT2D eigenvalue weighted by Gasteiger charge is -2.25. The lowest BCUT2D eigenvalue weighted by molar-refractivity contribution is -0.132. The summed E-state index contributed by atoms with van der Waals surface area (Å²) in [5.74, 6) is -1.50. The van der Waals surface area contributed by atoms with E-state index in [4.69, 9.17) is 0 Å². The van der Waals surface area contributed by atoms with Crippen molar-refractivity contribution in [1.82, 2.24) is 0 Å². The summed E-state index contributed by atoms with van der Waals surface area (Å²) >= 11 is 0. The van der Waals surface area contributed by atoms with E-state index >= 15 is 0 Å². The third-order valence-electron chi connectivity index (χ3n) is 4.64. The molecule has 4 heteroatoms. The molecule has 0 unspecified atom stereocenters. The van der Waals surface area contributed by atoms with Crippen LogP contribution in [0.4, 0.5) is 5.69 Å². The number of Topliss-reactive ketones (excluding diaryl/α,β-unsaturated/α-hetero) is 1. The van der Waals surface area contributed by atoms with Gasteiger partial charge in [0.05, 0.1) is 11.6 Å². The summed E-state index contributed by atoms with van der Waals surface area (Å²) in [6, 6.07) is 26.4. The van der Waals surface area contributed by atoms with E-state index in [0.29, 0.717) is 11.3 Å². The first kappa shape index (κ1) is 16.8. The lowest BCUT2D eigenvalue weighted by atomic mass is 9.95. The van der Waals surface area contributed by atoms with Crippen LogP contribution in [0.3, 0.4) is 0 Å². The van der Waals surface area contributed by atoms with Crippen LogP contribution < -0.4 is 4.90 Å². The van der Waals surface area contributed by atoms with Crippen LogP contribution in [0.2, 0.25) is 0 Å². The molecule has 1 amide bonds. The molecule has 1 N–H and O–H groups in total. The minimum Gasteiger partial charge on any atom is -0.507 e. The van der Waals surface area contributed by atoms with E-state index in [9.17, 15) is 14.7 Å². The predicted octanol–water partition coefficient (Wildman–Crippen LogP) is 4.31. The second-order valence-corrected chi connectivity index (χ2v) is 6.28. The van der Waals surface area contributed by atoms with E-state index in [2.05, 4.69) is 0 Å². The summed E-state index contributed by atoms with van der Waals surface area (Å²) in [5, 5.41) is 10.9. The maximum atomic E-state index is 12.9. The van der Waals surface area contributed by atoms with Gasteiger partial charge in [0.25, 0.3) is 11.7 Å². The Kier molecular flexibility index (Phi) is 4.30. The van der Waals surface area contributed by atoms with Gasteiger partial charge in [-0.15, -0.1) is 0 Å². The van der Waals surface area contributed by atoms with Gasteiger partial charge in [0.2, 0.25) is 0 Å². The summed E-state index contributed by atoms with van der Waals surface area (Å²) in [6.45, 7) is 0. The number of benzene rings is 3. The average Bonchev–Trinajstić information content (AvgIpc) is 3.00. The molecule has 4 nitrogen and oxygen atoms in total. The zero-order valence-electron chi connectivity index (χ0n) is 14.4. The van der Waals surface area contributed by atoms with Gasteiger partial charge in [0.15, 0.2) is 0 Å². The molecule has 132 valence electrons. The summed E-state index contributed by atoms with van der Waals surface area (Å²) in [4.78, 5) is 27.2. The number of aliphatic hydroxyl groups excluding tert-OH is 1. The molecule has 0 radical (unpaired) electrons. The quantitative estimate of drug-likeness (QED) is 0.433. The van der Waals surface area contributed by atoms with Crippen LogP contribution in [-0.4, -0.2) is 16.8 Å². The molecule has 0 spiro atoms. The van der Waals surface area contributed by atoms with Crippen molar-refractivity contribution in [2.24, 2.45) is 0 Å². The first-order valence-electron chi connectivity index (χ1n) is 8.65. The van der Waals surface area contributed by atoms with Crippen LogP contribution in [0.15, 0.2) is 96.6 Å². The second kappa shape index (κ2) is 6.92. The van der Waals surface area contributed by atoms with Gasteiger partial charge in [-0.05, 0) is 17.7 Å². The van der Waals surface area contributed by atoms with Crippen molar-refractivity contribution in [3.05, 3.63) is 108 Å². The minimum absolute atomic E-state index is 0.0984. The van der Waals surface area contributed by atoms with Crippen LogP contribution in [0, 0.1) is 0 Å². The highest BCUT2D eigenvalue weighted by Gasteiger charge is 2.46. The van der Waals surface area contributed by atoms with Crippen molar-refractivity contribution >= 4 is 23.1 Å². The van der Waals surface area contributed by atoms with Gasteiger partial charge in [0, 0.05) is 11.3 Å². The number of amides is 1. The van der Waals surface area contributed by atoms with Gasteiger partial charge in [-0.2, -0.15) is 0 Å². The number of nitrogens with zero attached hydrogens (tertiary/aromatic N) is 1. The molecule has 3 aromatic rings. The number of anilines is 1. The van der Waals surface area contributed by atoms with Crippen molar-refractivity contribution in [2.75, 3.05) is 4.90 Å². The molecule has 0 saturated carbocycles. The molecule has 1 aliphatic heterocycles. The van der Waals surface area contributed by atoms with Crippen LogP contribution in [0.25, 0.3) is 5.76 Å². The highest BCUT2D eigenvalue weighted by molar-refractivity contribution is 6.51. The molecule has 0 bridgehead atoms. The van der Waals surface area contributed by atoms with E-state index in [-0.39, 0.29) is 11.3 Å². The lowest BCUT2D eigenvalue weighted by Crippen LogP contribution is -2.29. The maximum Gasteiger partial charge on any atom is 0.300 e. The molecule has 1 fully saturated rings. The van der Waals surface area contributed by atoms with Gasteiger partial charge in [0.1, 0.15) is 5.76 Å². The Labute approximate surface area is 157 Å². The standard InChI is InChI=1S/C23H17NO3/c25-21(17-12-6-2-7-13-17)19-20(16-10-4-1-5-11-16)24(23(27)22(19)26)18-14-8-3-9-15-18/h1-15,20,25H/t20-/m1/s1. The summed E-state index contributed by atoms with van der Waals surface area (Å²) in [7, 11) is 0. The number of rotatable bonds is 3. The molecule has 1 heterocycles. The predicted molar refractivity (Wildman–Crippen MR) is 104 cm³/mol. The van der Waals surface area contributed by atoms with E-state index in [0.717, 1.165) is 5.56 Å². The number of carbonyl (C=O) groups is 2. The molecule has 27 heavy (non-hydrogen) atoms. The first-order chi connectivity index (χ1) is 13.2. The number of aliphatic hydroxyl groups is 1. The molecule has 3 aromatic carbocycles. The van der Waals surface area contributed by atoms with Crippen LogP contribution in [-0.2, 0) is 9.59 Å². The molecule has 1 atom stereocenters. The van der Waals surface area contributed by atoms with Crippen LogP contribution in [0.5, 0.6) is 0 Å². The van der Waals surface area contributed by atoms with Crippen molar-refractivity contribution in [2.45, 2.75) is 6.04 Å². The van der Waals surface area contributed by atoms with Crippen molar-refractivity contribution in [3.8, 4) is 0 Å². The Morgan fingerprint density at radius 1 is 0.741 bits per heavy atom. The summed E-state index contributed by atoms with van der Waals surface area (Å²) < 4.78 is 0. The Balaban J connectivity index is 1.95. The number of hydrogen-bond acceptors (Lipinski definition) is 3. The summed E-state index contributed by atoms with van der Waals surface area (Å²) in [6.07, 6.45) is 0. The summed E-state index contributed by atoms with van der Waals surface area (Å²) in [5.41, 5.74) is 1.98. The van der Waals surface area contributed by atoms with Gasteiger partial charge in [-0.1, -0.05) is 78.9 Å².